The smallest absolute Gasteiger partial charge is 0.0792 e. The molecule has 0 N–H and O–H groups in total. The van der Waals surface area contributed by atoms with Crippen molar-refractivity contribution in [3.63, 3.8) is 0 Å². The fraction of sp³-hybridized carbons (Fsp3) is 0.917. The zero-order valence-electron chi connectivity index (χ0n) is 9.76. The Bertz CT molecular complexity index is 245. The first-order valence-electron chi connectivity index (χ1n) is 5.53. The SMILES string of the molecule is CCC(C)C1(C)CCC(C)(CC#N)O1. The van der Waals surface area contributed by atoms with Gasteiger partial charge < -0.3 is 4.74 Å². The van der Waals surface area contributed by atoms with E-state index in [0.717, 1.165) is 19.3 Å². The Labute approximate surface area is 87.3 Å². The zero-order valence-corrected chi connectivity index (χ0v) is 9.76. The highest BCUT2D eigenvalue weighted by molar-refractivity contribution is 4.98. The van der Waals surface area contributed by atoms with Crippen LogP contribution in [-0.2, 0) is 4.74 Å². The van der Waals surface area contributed by atoms with Crippen molar-refractivity contribution in [2.45, 2.75) is 64.6 Å². The molecule has 0 aliphatic carbocycles. The van der Waals surface area contributed by atoms with E-state index in [2.05, 4.69) is 33.8 Å². The lowest BCUT2D eigenvalue weighted by Gasteiger charge is -2.33. The second kappa shape index (κ2) is 3.90. The molecule has 0 spiro atoms. The number of nitriles is 1. The van der Waals surface area contributed by atoms with E-state index in [1.165, 1.54) is 0 Å². The maximum absolute atomic E-state index is 8.73. The maximum atomic E-state index is 8.73. The molecular weight excluding hydrogens is 174 g/mol. The molecule has 3 atom stereocenters. The third-order valence-electron chi connectivity index (χ3n) is 3.74. The van der Waals surface area contributed by atoms with Crippen LogP contribution >= 0.6 is 0 Å². The third kappa shape index (κ3) is 2.09. The predicted molar refractivity (Wildman–Crippen MR) is 56.8 cm³/mol. The van der Waals surface area contributed by atoms with Crippen LogP contribution in [0.25, 0.3) is 0 Å². The van der Waals surface area contributed by atoms with E-state index in [1.54, 1.807) is 0 Å². The summed E-state index contributed by atoms with van der Waals surface area (Å²) in [4.78, 5) is 0. The van der Waals surface area contributed by atoms with Crippen LogP contribution in [0.5, 0.6) is 0 Å². The van der Waals surface area contributed by atoms with Crippen molar-refractivity contribution >= 4 is 0 Å². The molecule has 0 aromatic rings. The van der Waals surface area contributed by atoms with Crippen LogP contribution < -0.4 is 0 Å². The van der Waals surface area contributed by atoms with Gasteiger partial charge >= 0.3 is 0 Å². The Morgan fingerprint density at radius 2 is 2.07 bits per heavy atom. The minimum absolute atomic E-state index is 0.0135. The summed E-state index contributed by atoms with van der Waals surface area (Å²) in [6.45, 7) is 8.67. The number of nitrogens with zero attached hydrogens (tertiary/aromatic N) is 1. The summed E-state index contributed by atoms with van der Waals surface area (Å²) in [5, 5.41) is 8.73. The maximum Gasteiger partial charge on any atom is 0.0792 e. The van der Waals surface area contributed by atoms with Crippen molar-refractivity contribution in [3.05, 3.63) is 0 Å². The van der Waals surface area contributed by atoms with Crippen LogP contribution in [-0.4, -0.2) is 11.2 Å². The van der Waals surface area contributed by atoms with Crippen LogP contribution in [0.4, 0.5) is 0 Å². The first-order valence-corrected chi connectivity index (χ1v) is 5.53. The molecule has 1 aliphatic heterocycles. The van der Waals surface area contributed by atoms with Gasteiger partial charge in [-0.05, 0) is 32.6 Å². The molecule has 0 aromatic carbocycles. The van der Waals surface area contributed by atoms with Gasteiger partial charge in [0, 0.05) is 0 Å². The van der Waals surface area contributed by atoms with Crippen molar-refractivity contribution in [1.29, 1.82) is 5.26 Å². The third-order valence-corrected chi connectivity index (χ3v) is 3.74. The number of rotatable bonds is 3. The van der Waals surface area contributed by atoms with Crippen molar-refractivity contribution < 1.29 is 4.74 Å². The van der Waals surface area contributed by atoms with Gasteiger partial charge in [0.15, 0.2) is 0 Å². The summed E-state index contributed by atoms with van der Waals surface area (Å²) < 4.78 is 6.11. The Morgan fingerprint density at radius 1 is 1.43 bits per heavy atom. The average Bonchev–Trinajstić information content (AvgIpc) is 2.43. The molecule has 1 heterocycles. The Balaban J connectivity index is 2.68. The van der Waals surface area contributed by atoms with Crippen LogP contribution in [0.1, 0.15) is 53.4 Å². The molecular formula is C12H21NO. The predicted octanol–water partition coefficient (Wildman–Crippen LogP) is 3.27. The lowest BCUT2D eigenvalue weighted by atomic mass is 9.85. The van der Waals surface area contributed by atoms with E-state index in [1.807, 2.05) is 0 Å². The highest BCUT2D eigenvalue weighted by Crippen LogP contribution is 2.44. The summed E-state index contributed by atoms with van der Waals surface area (Å²) in [6.07, 6.45) is 3.75. The molecule has 80 valence electrons. The van der Waals surface area contributed by atoms with Crippen LogP contribution in [0.2, 0.25) is 0 Å². The second-order valence-electron chi connectivity index (χ2n) is 5.01. The van der Waals surface area contributed by atoms with Gasteiger partial charge in [-0.25, -0.2) is 0 Å². The molecule has 0 saturated carbocycles. The minimum Gasteiger partial charge on any atom is -0.368 e. The van der Waals surface area contributed by atoms with Gasteiger partial charge in [-0.1, -0.05) is 20.3 Å². The molecule has 0 aromatic heterocycles. The van der Waals surface area contributed by atoms with Crippen LogP contribution in [0, 0.1) is 17.2 Å². The summed E-state index contributed by atoms with van der Waals surface area (Å²) in [5.41, 5.74) is -0.215. The fourth-order valence-corrected chi connectivity index (χ4v) is 2.25. The number of hydrogen-bond donors (Lipinski definition) is 0. The van der Waals surface area contributed by atoms with Crippen molar-refractivity contribution in [3.8, 4) is 6.07 Å². The topological polar surface area (TPSA) is 33.0 Å². The van der Waals surface area contributed by atoms with Crippen molar-refractivity contribution in [1.82, 2.24) is 0 Å². The molecule has 0 amide bonds. The summed E-state index contributed by atoms with van der Waals surface area (Å²) in [7, 11) is 0. The Hall–Kier alpha value is -0.550. The molecule has 3 unspecified atom stereocenters. The minimum atomic E-state index is -0.201. The Kier molecular flexibility index (Phi) is 3.21. The van der Waals surface area contributed by atoms with E-state index in [0.29, 0.717) is 12.3 Å². The van der Waals surface area contributed by atoms with Crippen LogP contribution in [0.15, 0.2) is 0 Å². The highest BCUT2D eigenvalue weighted by atomic mass is 16.5. The zero-order chi connectivity index (χ0) is 10.8. The van der Waals surface area contributed by atoms with E-state index in [9.17, 15) is 0 Å². The quantitative estimate of drug-likeness (QED) is 0.692. The summed E-state index contributed by atoms with van der Waals surface area (Å²) in [6, 6.07) is 2.22. The molecule has 2 heteroatoms. The van der Waals surface area contributed by atoms with Crippen molar-refractivity contribution in [2.24, 2.45) is 5.92 Å². The first kappa shape index (κ1) is 11.5. The molecule has 1 aliphatic rings. The molecule has 1 fully saturated rings. The van der Waals surface area contributed by atoms with Gasteiger partial charge in [-0.2, -0.15) is 5.26 Å². The van der Waals surface area contributed by atoms with E-state index in [4.69, 9.17) is 10.00 Å². The monoisotopic (exact) mass is 195 g/mol. The van der Waals surface area contributed by atoms with E-state index >= 15 is 0 Å². The molecule has 0 radical (unpaired) electrons. The van der Waals surface area contributed by atoms with E-state index < -0.39 is 0 Å². The van der Waals surface area contributed by atoms with Gasteiger partial charge in [0.1, 0.15) is 0 Å². The molecule has 0 bridgehead atoms. The second-order valence-corrected chi connectivity index (χ2v) is 5.01. The first-order chi connectivity index (χ1) is 6.46. The normalized spacial score (nSPS) is 39.4. The van der Waals surface area contributed by atoms with Gasteiger partial charge in [0.25, 0.3) is 0 Å². The molecule has 14 heavy (non-hydrogen) atoms. The summed E-state index contributed by atoms with van der Waals surface area (Å²) >= 11 is 0. The molecule has 1 saturated heterocycles. The van der Waals surface area contributed by atoms with Crippen LogP contribution in [0.3, 0.4) is 0 Å². The van der Waals surface area contributed by atoms with Gasteiger partial charge in [0.2, 0.25) is 0 Å². The standard InChI is InChI=1S/C12H21NO/c1-5-10(2)12(4)7-6-11(3,14-12)8-9-13/h10H,5-8H2,1-4H3. The van der Waals surface area contributed by atoms with E-state index in [-0.39, 0.29) is 11.2 Å². The number of hydrogen-bond acceptors (Lipinski definition) is 2. The lowest BCUT2D eigenvalue weighted by molar-refractivity contribution is -0.109. The van der Waals surface area contributed by atoms with Gasteiger partial charge in [-0.15, -0.1) is 0 Å². The average molecular weight is 195 g/mol. The molecule has 1 rings (SSSR count). The molecule has 2 nitrogen and oxygen atoms in total. The van der Waals surface area contributed by atoms with Crippen molar-refractivity contribution in [2.75, 3.05) is 0 Å². The highest BCUT2D eigenvalue weighted by Gasteiger charge is 2.45. The Morgan fingerprint density at radius 3 is 2.57 bits per heavy atom. The van der Waals surface area contributed by atoms with Gasteiger partial charge in [0.05, 0.1) is 23.7 Å². The lowest BCUT2D eigenvalue weighted by Crippen LogP contribution is -2.36. The largest absolute Gasteiger partial charge is 0.368 e. The van der Waals surface area contributed by atoms with Gasteiger partial charge in [-0.3, -0.25) is 0 Å². The summed E-state index contributed by atoms with van der Waals surface area (Å²) in [5.74, 6) is 0.572. The fourth-order valence-electron chi connectivity index (χ4n) is 2.25. The number of ether oxygens (including phenoxy) is 1.